The predicted octanol–water partition coefficient (Wildman–Crippen LogP) is 1.01. The quantitative estimate of drug-likeness (QED) is 0.819. The van der Waals surface area contributed by atoms with Gasteiger partial charge in [-0.2, -0.15) is 4.98 Å². The minimum Gasteiger partial charge on any atom is -0.370 e. The van der Waals surface area contributed by atoms with Crippen LogP contribution in [-0.2, 0) is 6.42 Å². The predicted molar refractivity (Wildman–Crippen MR) is 68.7 cm³/mol. The van der Waals surface area contributed by atoms with Crippen LogP contribution in [0.25, 0.3) is 0 Å². The van der Waals surface area contributed by atoms with Gasteiger partial charge in [-0.1, -0.05) is 5.16 Å². The number of amides is 1. The molecule has 0 atom stereocenters. The van der Waals surface area contributed by atoms with E-state index in [1.807, 2.05) is 6.92 Å². The molecule has 106 valence electrons. The largest absolute Gasteiger partial charge is 0.370 e. The van der Waals surface area contributed by atoms with Crippen molar-refractivity contribution < 1.29 is 13.7 Å². The smallest absolute Gasteiger partial charge is 0.255 e. The monoisotopic (exact) mass is 279 g/mol. The lowest BCUT2D eigenvalue weighted by atomic mass is 10.2. The Hall–Kier alpha value is -2.51. The molecule has 0 aliphatic carbocycles. The van der Waals surface area contributed by atoms with Crippen molar-refractivity contribution >= 4 is 11.7 Å². The third-order valence-corrected chi connectivity index (χ3v) is 2.47. The Morgan fingerprint density at radius 2 is 2.30 bits per heavy atom. The van der Waals surface area contributed by atoms with Crippen LogP contribution >= 0.6 is 0 Å². The average molecular weight is 279 g/mol. The summed E-state index contributed by atoms with van der Waals surface area (Å²) in [7, 11) is 0. The van der Waals surface area contributed by atoms with E-state index in [4.69, 9.17) is 4.52 Å². The van der Waals surface area contributed by atoms with Gasteiger partial charge in [0.2, 0.25) is 5.89 Å². The van der Waals surface area contributed by atoms with Crippen LogP contribution in [0.4, 0.5) is 10.2 Å². The molecule has 1 amide bonds. The molecule has 2 aromatic heterocycles. The molecule has 0 unspecified atom stereocenters. The second kappa shape index (κ2) is 6.60. The summed E-state index contributed by atoms with van der Waals surface area (Å²) in [4.78, 5) is 19.7. The van der Waals surface area contributed by atoms with Gasteiger partial charge in [-0.05, 0) is 13.0 Å². The summed E-state index contributed by atoms with van der Waals surface area (Å²) in [5.74, 6) is -0.195. The van der Waals surface area contributed by atoms with E-state index in [2.05, 4.69) is 25.8 Å². The van der Waals surface area contributed by atoms with Crippen LogP contribution in [0.2, 0.25) is 0 Å². The van der Waals surface area contributed by atoms with Gasteiger partial charge >= 0.3 is 0 Å². The van der Waals surface area contributed by atoms with E-state index in [1.165, 1.54) is 6.33 Å². The number of carbonyl (C=O) groups excluding carboxylic acids is 1. The lowest BCUT2D eigenvalue weighted by Gasteiger charge is -2.09. The number of carbonyl (C=O) groups is 1. The second-order valence-corrected chi connectivity index (χ2v) is 3.92. The number of halogens is 1. The summed E-state index contributed by atoms with van der Waals surface area (Å²) in [6, 6.07) is 1.15. The highest BCUT2D eigenvalue weighted by molar-refractivity contribution is 5.98. The first-order valence-corrected chi connectivity index (χ1v) is 6.14. The zero-order chi connectivity index (χ0) is 14.4. The lowest BCUT2D eigenvalue weighted by Crippen LogP contribution is -2.27. The van der Waals surface area contributed by atoms with Gasteiger partial charge in [0, 0.05) is 19.5 Å². The van der Waals surface area contributed by atoms with Crippen molar-refractivity contribution in [2.75, 3.05) is 18.4 Å². The Morgan fingerprint density at radius 3 is 3.00 bits per heavy atom. The molecule has 0 spiro atoms. The van der Waals surface area contributed by atoms with E-state index in [9.17, 15) is 9.18 Å². The first kappa shape index (κ1) is 13.9. The molecule has 0 bridgehead atoms. The molecule has 0 aliphatic heterocycles. The van der Waals surface area contributed by atoms with Gasteiger partial charge in [-0.25, -0.2) is 9.37 Å². The van der Waals surface area contributed by atoms with E-state index in [1.54, 1.807) is 0 Å². The van der Waals surface area contributed by atoms with Crippen LogP contribution < -0.4 is 10.6 Å². The Labute approximate surface area is 114 Å². The summed E-state index contributed by atoms with van der Waals surface area (Å²) in [5, 5.41) is 9.02. The van der Waals surface area contributed by atoms with Gasteiger partial charge in [0.15, 0.2) is 6.33 Å². The van der Waals surface area contributed by atoms with Crippen LogP contribution in [0, 0.1) is 5.82 Å². The summed E-state index contributed by atoms with van der Waals surface area (Å²) in [5.41, 5.74) is 0.164. The van der Waals surface area contributed by atoms with Crippen LogP contribution in [0.1, 0.15) is 23.2 Å². The molecule has 2 heterocycles. The van der Waals surface area contributed by atoms with Crippen molar-refractivity contribution in [1.29, 1.82) is 0 Å². The van der Waals surface area contributed by atoms with Gasteiger partial charge < -0.3 is 15.2 Å². The minimum absolute atomic E-state index is 0.164. The van der Waals surface area contributed by atoms with E-state index in [-0.39, 0.29) is 5.56 Å². The highest BCUT2D eigenvalue weighted by Crippen LogP contribution is 2.13. The second-order valence-electron chi connectivity index (χ2n) is 3.92. The Balaban J connectivity index is 1.99. The maximum Gasteiger partial charge on any atom is 0.255 e. The number of nitrogens with zero attached hydrogens (tertiary/aromatic N) is 3. The Morgan fingerprint density at radius 1 is 1.45 bits per heavy atom. The van der Waals surface area contributed by atoms with E-state index in [0.29, 0.717) is 31.2 Å². The normalized spacial score (nSPS) is 10.3. The first-order chi connectivity index (χ1) is 9.70. The van der Waals surface area contributed by atoms with E-state index >= 15 is 0 Å². The van der Waals surface area contributed by atoms with E-state index in [0.717, 1.165) is 12.3 Å². The summed E-state index contributed by atoms with van der Waals surface area (Å²) >= 11 is 0. The molecule has 0 saturated heterocycles. The third-order valence-electron chi connectivity index (χ3n) is 2.47. The molecule has 8 heteroatoms. The van der Waals surface area contributed by atoms with Crippen molar-refractivity contribution in [2.24, 2.45) is 0 Å². The molecular formula is C12H14FN5O2. The molecule has 2 rings (SSSR count). The number of anilines is 1. The maximum absolute atomic E-state index is 13.2. The standard InChI is InChI=1S/C12H14FN5O2/c1-2-14-11-9(5-8(13)6-16-11)12(19)15-4-3-10-17-7-18-20-10/h5-7H,2-4H2,1H3,(H,14,16)(H,15,19). The molecule has 0 aliphatic rings. The number of rotatable bonds is 6. The van der Waals surface area contributed by atoms with E-state index < -0.39 is 11.7 Å². The Bertz CT molecular complexity index is 573. The van der Waals surface area contributed by atoms with Gasteiger partial charge in [0.25, 0.3) is 5.91 Å². The summed E-state index contributed by atoms with van der Waals surface area (Å²) in [6.07, 6.45) is 2.76. The minimum atomic E-state index is -0.561. The highest BCUT2D eigenvalue weighted by atomic mass is 19.1. The highest BCUT2D eigenvalue weighted by Gasteiger charge is 2.13. The molecule has 0 radical (unpaired) electrons. The summed E-state index contributed by atoms with van der Waals surface area (Å²) in [6.45, 7) is 2.76. The topological polar surface area (TPSA) is 92.9 Å². The number of hydrogen-bond acceptors (Lipinski definition) is 6. The molecule has 0 fully saturated rings. The fourth-order valence-electron chi connectivity index (χ4n) is 1.60. The first-order valence-electron chi connectivity index (χ1n) is 6.14. The van der Waals surface area contributed by atoms with Gasteiger partial charge in [-0.15, -0.1) is 0 Å². The fourth-order valence-corrected chi connectivity index (χ4v) is 1.60. The van der Waals surface area contributed by atoms with Crippen molar-refractivity contribution in [3.05, 3.63) is 35.9 Å². The molecule has 20 heavy (non-hydrogen) atoms. The zero-order valence-electron chi connectivity index (χ0n) is 10.9. The number of hydrogen-bond donors (Lipinski definition) is 2. The zero-order valence-corrected chi connectivity index (χ0v) is 10.9. The van der Waals surface area contributed by atoms with Gasteiger partial charge in [0.1, 0.15) is 11.6 Å². The van der Waals surface area contributed by atoms with Crippen molar-refractivity contribution in [1.82, 2.24) is 20.4 Å². The van der Waals surface area contributed by atoms with Crippen LogP contribution in [0.5, 0.6) is 0 Å². The third kappa shape index (κ3) is 3.50. The average Bonchev–Trinajstić information content (AvgIpc) is 2.94. The number of nitrogens with one attached hydrogen (secondary N) is 2. The number of pyridine rings is 1. The Kier molecular flexibility index (Phi) is 4.59. The number of aromatic nitrogens is 3. The van der Waals surface area contributed by atoms with Crippen molar-refractivity contribution in [3.8, 4) is 0 Å². The molecular weight excluding hydrogens is 265 g/mol. The van der Waals surface area contributed by atoms with Crippen molar-refractivity contribution in [3.63, 3.8) is 0 Å². The van der Waals surface area contributed by atoms with Crippen molar-refractivity contribution in [2.45, 2.75) is 13.3 Å². The van der Waals surface area contributed by atoms with Gasteiger partial charge in [0.05, 0.1) is 11.8 Å². The molecule has 2 N–H and O–H groups in total. The maximum atomic E-state index is 13.2. The van der Waals surface area contributed by atoms with Crippen LogP contribution in [0.3, 0.4) is 0 Å². The SMILES string of the molecule is CCNc1ncc(F)cc1C(=O)NCCc1ncno1. The molecule has 0 saturated carbocycles. The van der Waals surface area contributed by atoms with Crippen LogP contribution in [0.15, 0.2) is 23.1 Å². The summed E-state index contributed by atoms with van der Waals surface area (Å²) < 4.78 is 18.0. The molecule has 2 aromatic rings. The lowest BCUT2D eigenvalue weighted by molar-refractivity contribution is 0.0953. The molecule has 7 nitrogen and oxygen atoms in total. The molecule has 0 aromatic carbocycles. The fraction of sp³-hybridized carbons (Fsp3) is 0.333. The van der Waals surface area contributed by atoms with Crippen LogP contribution in [-0.4, -0.2) is 34.1 Å². The van der Waals surface area contributed by atoms with Gasteiger partial charge in [-0.3, -0.25) is 4.79 Å².